The lowest BCUT2D eigenvalue weighted by atomic mass is 9.99. The van der Waals surface area contributed by atoms with E-state index in [1.54, 1.807) is 18.7 Å². The number of fused-ring (bicyclic) bond motifs is 1. The van der Waals surface area contributed by atoms with Crippen molar-refractivity contribution in [3.8, 4) is 0 Å². The predicted molar refractivity (Wildman–Crippen MR) is 66.0 cm³/mol. The number of hydrogen-bond acceptors (Lipinski definition) is 6. The zero-order valence-corrected chi connectivity index (χ0v) is 10.6. The Morgan fingerprint density at radius 1 is 1.29 bits per heavy atom. The van der Waals surface area contributed by atoms with Crippen LogP contribution in [-0.2, 0) is 4.74 Å². The highest BCUT2D eigenvalue weighted by atomic mass is 32.2. The lowest BCUT2D eigenvalue weighted by Gasteiger charge is -2.36. The van der Waals surface area contributed by atoms with Gasteiger partial charge in [0.05, 0.1) is 6.10 Å². The van der Waals surface area contributed by atoms with Gasteiger partial charge in [0.1, 0.15) is 23.7 Å². The molecule has 0 saturated carbocycles. The molecule has 6 heteroatoms. The first-order valence-corrected chi connectivity index (χ1v) is 7.06. The summed E-state index contributed by atoms with van der Waals surface area (Å²) in [5.74, 6) is 0. The van der Waals surface area contributed by atoms with Crippen molar-refractivity contribution >= 4 is 16.9 Å². The van der Waals surface area contributed by atoms with Gasteiger partial charge in [0.25, 0.3) is 0 Å². The molecule has 0 radical (unpaired) electrons. The number of ether oxygens (including phenoxy) is 1. The molecule has 0 unspecified atom stereocenters. The molecule has 0 aromatic carbocycles. The van der Waals surface area contributed by atoms with Crippen molar-refractivity contribution < 1.29 is 14.9 Å². The Bertz CT molecular complexity index is 333. The van der Waals surface area contributed by atoms with Gasteiger partial charge in [0.2, 0.25) is 0 Å². The summed E-state index contributed by atoms with van der Waals surface area (Å²) in [6.45, 7) is 3.87. The Morgan fingerprint density at radius 2 is 2.00 bits per heavy atom. The van der Waals surface area contributed by atoms with Gasteiger partial charge in [-0.05, 0) is 19.8 Å². The first kappa shape index (κ1) is 11.8. The third-order valence-corrected chi connectivity index (χ3v) is 4.86. The van der Waals surface area contributed by atoms with Gasteiger partial charge in [-0.25, -0.2) is 0 Å². The smallest absolute Gasteiger partial charge is 0.162 e. The fraction of sp³-hybridized carbons (Fsp3) is 0.909. The van der Waals surface area contributed by atoms with Crippen LogP contribution in [0.1, 0.15) is 19.8 Å². The number of thioether (sulfide) groups is 1. The minimum absolute atomic E-state index is 0.140. The quantitative estimate of drug-likeness (QED) is 0.641. The molecule has 5 nitrogen and oxygen atoms in total. The second-order valence-electron chi connectivity index (χ2n) is 4.91. The van der Waals surface area contributed by atoms with Crippen LogP contribution in [0.3, 0.4) is 0 Å². The van der Waals surface area contributed by atoms with Crippen molar-refractivity contribution in [1.29, 1.82) is 0 Å². The van der Waals surface area contributed by atoms with E-state index in [2.05, 4.69) is 9.89 Å². The van der Waals surface area contributed by atoms with E-state index in [0.29, 0.717) is 0 Å². The summed E-state index contributed by atoms with van der Waals surface area (Å²) in [7, 11) is 0. The van der Waals surface area contributed by atoms with Crippen LogP contribution in [0.2, 0.25) is 0 Å². The molecule has 5 atom stereocenters. The molecule has 2 N–H and O–H groups in total. The second kappa shape index (κ2) is 4.42. The maximum absolute atomic E-state index is 10.0. The van der Waals surface area contributed by atoms with Crippen molar-refractivity contribution in [3.05, 3.63) is 0 Å². The van der Waals surface area contributed by atoms with Crippen LogP contribution in [0, 0.1) is 0 Å². The van der Waals surface area contributed by atoms with Crippen LogP contribution in [0.4, 0.5) is 0 Å². The molecule has 2 saturated heterocycles. The van der Waals surface area contributed by atoms with E-state index >= 15 is 0 Å². The summed E-state index contributed by atoms with van der Waals surface area (Å²) < 4.78 is 5.69. The minimum atomic E-state index is -0.835. The van der Waals surface area contributed by atoms with Gasteiger partial charge in [-0.15, -0.1) is 0 Å². The van der Waals surface area contributed by atoms with Crippen LogP contribution in [0.5, 0.6) is 0 Å². The zero-order valence-electron chi connectivity index (χ0n) is 9.82. The van der Waals surface area contributed by atoms with E-state index in [4.69, 9.17) is 4.74 Å². The number of amidine groups is 1. The molecule has 0 spiro atoms. The molecule has 0 bridgehead atoms. The minimum Gasteiger partial charge on any atom is -0.388 e. The van der Waals surface area contributed by atoms with E-state index in [9.17, 15) is 10.2 Å². The Labute approximate surface area is 105 Å². The number of aliphatic hydroxyl groups excluding tert-OH is 2. The van der Waals surface area contributed by atoms with Crippen molar-refractivity contribution in [2.45, 2.75) is 49.6 Å². The topological polar surface area (TPSA) is 65.3 Å². The molecule has 3 aliphatic heterocycles. The average Bonchev–Trinajstić information content (AvgIpc) is 2.93. The highest BCUT2D eigenvalue weighted by Crippen LogP contribution is 2.37. The molecule has 0 amide bonds. The second-order valence-corrected chi connectivity index (χ2v) is 5.97. The highest BCUT2D eigenvalue weighted by molar-refractivity contribution is 8.14. The lowest BCUT2D eigenvalue weighted by Crippen LogP contribution is -2.53. The lowest BCUT2D eigenvalue weighted by molar-refractivity contribution is -0.145. The van der Waals surface area contributed by atoms with Crippen LogP contribution in [0.15, 0.2) is 4.99 Å². The molecule has 0 aliphatic carbocycles. The third kappa shape index (κ3) is 1.97. The number of aliphatic imine (C=N–C) groups is 1. The Morgan fingerprint density at radius 3 is 2.71 bits per heavy atom. The molecule has 2 fully saturated rings. The monoisotopic (exact) mass is 258 g/mol. The maximum Gasteiger partial charge on any atom is 0.162 e. The van der Waals surface area contributed by atoms with Gasteiger partial charge < -0.3 is 19.8 Å². The number of likely N-dealkylation sites (tertiary alicyclic amines) is 1. The summed E-state index contributed by atoms with van der Waals surface area (Å²) in [4.78, 5) is 6.77. The fourth-order valence-corrected chi connectivity index (χ4v) is 3.89. The maximum atomic E-state index is 10.0. The number of hydrogen-bond donors (Lipinski definition) is 2. The normalized spacial score (nSPS) is 45.9. The molecule has 17 heavy (non-hydrogen) atoms. The largest absolute Gasteiger partial charge is 0.388 e. The third-order valence-electron chi connectivity index (χ3n) is 3.67. The molecular formula is C11H18N2O3S. The van der Waals surface area contributed by atoms with E-state index in [1.165, 1.54) is 12.8 Å². The SMILES string of the molecule is C[C@H]1O[C@@H]2SC(N3CCCC3)=N[C@@H]2[C@@H](O)[C@@H]1O. The van der Waals surface area contributed by atoms with Crippen molar-refractivity contribution in [3.63, 3.8) is 0 Å². The summed E-state index contributed by atoms with van der Waals surface area (Å²) in [6.07, 6.45) is 0.441. The Balaban J connectivity index is 1.75. The van der Waals surface area contributed by atoms with E-state index in [1.807, 2.05) is 0 Å². The van der Waals surface area contributed by atoms with Crippen molar-refractivity contribution in [1.82, 2.24) is 4.90 Å². The summed E-state index contributed by atoms with van der Waals surface area (Å²) in [6, 6.07) is -0.318. The molecular weight excluding hydrogens is 240 g/mol. The number of aliphatic hydroxyl groups is 2. The highest BCUT2D eigenvalue weighted by Gasteiger charge is 2.47. The Hall–Kier alpha value is -0.300. The summed E-state index contributed by atoms with van der Waals surface area (Å²) >= 11 is 1.58. The van der Waals surface area contributed by atoms with E-state index < -0.39 is 12.2 Å². The van der Waals surface area contributed by atoms with Crippen LogP contribution in [-0.4, -0.2) is 63.2 Å². The number of rotatable bonds is 0. The van der Waals surface area contributed by atoms with Gasteiger partial charge in [-0.1, -0.05) is 11.8 Å². The van der Waals surface area contributed by atoms with E-state index in [-0.39, 0.29) is 17.6 Å². The average molecular weight is 258 g/mol. The van der Waals surface area contributed by atoms with Crippen molar-refractivity contribution in [2.24, 2.45) is 4.99 Å². The van der Waals surface area contributed by atoms with Gasteiger partial charge in [0.15, 0.2) is 5.17 Å². The van der Waals surface area contributed by atoms with Gasteiger partial charge in [-0.3, -0.25) is 4.99 Å². The summed E-state index contributed by atoms with van der Waals surface area (Å²) in [5.41, 5.74) is -0.140. The van der Waals surface area contributed by atoms with Gasteiger partial charge in [0, 0.05) is 13.1 Å². The summed E-state index contributed by atoms with van der Waals surface area (Å²) in [5, 5.41) is 20.8. The van der Waals surface area contributed by atoms with Crippen molar-refractivity contribution in [2.75, 3.05) is 13.1 Å². The zero-order chi connectivity index (χ0) is 12.0. The van der Waals surface area contributed by atoms with Gasteiger partial charge in [-0.2, -0.15) is 0 Å². The molecule has 0 aromatic heterocycles. The first-order valence-electron chi connectivity index (χ1n) is 6.18. The number of nitrogens with zero attached hydrogens (tertiary/aromatic N) is 2. The standard InChI is InChI=1S/C11H18N2O3S/c1-6-8(14)9(15)7-10(16-6)17-11(12-7)13-4-2-3-5-13/h6-10,14-15H,2-5H2,1H3/t6-,7-,8-,9-,10-/m1/s1. The predicted octanol–water partition coefficient (Wildman–Crippen LogP) is 0.0202. The van der Waals surface area contributed by atoms with Crippen LogP contribution in [0.25, 0.3) is 0 Å². The molecule has 3 heterocycles. The first-order chi connectivity index (χ1) is 8.16. The van der Waals surface area contributed by atoms with Crippen LogP contribution >= 0.6 is 11.8 Å². The molecule has 96 valence electrons. The molecule has 3 rings (SSSR count). The van der Waals surface area contributed by atoms with E-state index in [0.717, 1.165) is 18.3 Å². The molecule has 0 aromatic rings. The fourth-order valence-electron chi connectivity index (χ4n) is 2.57. The van der Waals surface area contributed by atoms with Gasteiger partial charge >= 0.3 is 0 Å². The Kier molecular flexibility index (Phi) is 3.06. The molecule has 3 aliphatic rings. The van der Waals surface area contributed by atoms with Crippen LogP contribution < -0.4 is 0 Å².